The molecule has 0 aliphatic heterocycles. The van der Waals surface area contributed by atoms with Gasteiger partial charge in [0.1, 0.15) is 22.9 Å². The highest BCUT2D eigenvalue weighted by Gasteiger charge is 2.20. The molecule has 0 aliphatic carbocycles. The SMILES string of the molecule is CCOc1nc2cc(-n3c4cc(C(C)=O)ccc4c4ncnc(OCC)c43)ccc2o1. The lowest BCUT2D eigenvalue weighted by Gasteiger charge is -2.10. The molecule has 0 saturated heterocycles. The van der Waals surface area contributed by atoms with Crippen LogP contribution in [0.1, 0.15) is 31.1 Å². The van der Waals surface area contributed by atoms with Gasteiger partial charge in [-0.05, 0) is 51.1 Å². The van der Waals surface area contributed by atoms with Crippen LogP contribution >= 0.6 is 0 Å². The number of ketones is 1. The normalized spacial score (nSPS) is 11.5. The number of Topliss-reactive ketones (excluding diaryl/α,β-unsaturated/α-hetero) is 1. The molecule has 0 saturated carbocycles. The first-order valence-corrected chi connectivity index (χ1v) is 10.1. The third-order valence-electron chi connectivity index (χ3n) is 5.07. The Bertz CT molecular complexity index is 1450. The quantitative estimate of drug-likeness (QED) is 0.370. The summed E-state index contributed by atoms with van der Waals surface area (Å²) in [5.74, 6) is 0.464. The van der Waals surface area contributed by atoms with Gasteiger partial charge in [-0.3, -0.25) is 4.79 Å². The minimum absolute atomic E-state index is 0.0110. The summed E-state index contributed by atoms with van der Waals surface area (Å²) in [6.45, 7) is 6.27. The maximum absolute atomic E-state index is 12.1. The van der Waals surface area contributed by atoms with Gasteiger partial charge < -0.3 is 18.5 Å². The van der Waals surface area contributed by atoms with E-state index in [1.807, 2.05) is 54.8 Å². The summed E-state index contributed by atoms with van der Waals surface area (Å²) in [4.78, 5) is 25.3. The van der Waals surface area contributed by atoms with E-state index in [2.05, 4.69) is 15.0 Å². The van der Waals surface area contributed by atoms with E-state index in [-0.39, 0.29) is 11.9 Å². The van der Waals surface area contributed by atoms with Gasteiger partial charge in [0.25, 0.3) is 0 Å². The summed E-state index contributed by atoms with van der Waals surface area (Å²) in [5.41, 5.74) is 5.03. The fourth-order valence-electron chi connectivity index (χ4n) is 3.75. The van der Waals surface area contributed by atoms with Crippen molar-refractivity contribution in [2.45, 2.75) is 20.8 Å². The Morgan fingerprint density at radius 2 is 1.90 bits per heavy atom. The van der Waals surface area contributed by atoms with Crippen molar-refractivity contribution in [3.63, 3.8) is 0 Å². The summed E-state index contributed by atoms with van der Waals surface area (Å²) >= 11 is 0. The Morgan fingerprint density at radius 1 is 1.06 bits per heavy atom. The smallest absolute Gasteiger partial charge is 0.394 e. The zero-order chi connectivity index (χ0) is 21.5. The maximum atomic E-state index is 12.1. The highest BCUT2D eigenvalue weighted by atomic mass is 16.6. The molecule has 8 nitrogen and oxygen atoms in total. The van der Waals surface area contributed by atoms with Gasteiger partial charge in [-0.15, -0.1) is 0 Å². The van der Waals surface area contributed by atoms with Gasteiger partial charge in [0, 0.05) is 16.6 Å². The molecule has 31 heavy (non-hydrogen) atoms. The second kappa shape index (κ2) is 7.39. The van der Waals surface area contributed by atoms with Crippen LogP contribution < -0.4 is 9.47 Å². The number of carbonyl (C=O) groups excluding carboxylic acids is 1. The van der Waals surface area contributed by atoms with E-state index in [9.17, 15) is 4.79 Å². The van der Waals surface area contributed by atoms with Gasteiger partial charge >= 0.3 is 6.08 Å². The average molecular weight is 416 g/mol. The fourth-order valence-corrected chi connectivity index (χ4v) is 3.75. The molecule has 0 N–H and O–H groups in total. The second-order valence-corrected chi connectivity index (χ2v) is 7.00. The van der Waals surface area contributed by atoms with Crippen molar-refractivity contribution in [2.75, 3.05) is 13.2 Å². The fraction of sp³-hybridized carbons (Fsp3) is 0.217. The van der Waals surface area contributed by atoms with Crippen molar-refractivity contribution in [1.82, 2.24) is 19.5 Å². The Balaban J connectivity index is 1.85. The molecule has 0 spiro atoms. The summed E-state index contributed by atoms with van der Waals surface area (Å²) in [5, 5.41) is 0.901. The van der Waals surface area contributed by atoms with Gasteiger partial charge in [-0.1, -0.05) is 6.07 Å². The molecule has 2 aromatic carbocycles. The zero-order valence-corrected chi connectivity index (χ0v) is 17.4. The zero-order valence-electron chi connectivity index (χ0n) is 17.4. The van der Waals surface area contributed by atoms with E-state index in [1.165, 1.54) is 6.33 Å². The molecular formula is C23H20N4O4. The van der Waals surface area contributed by atoms with E-state index >= 15 is 0 Å². The average Bonchev–Trinajstić information content (AvgIpc) is 3.32. The minimum atomic E-state index is -0.0110. The lowest BCUT2D eigenvalue weighted by atomic mass is 10.1. The number of hydrogen-bond acceptors (Lipinski definition) is 7. The van der Waals surface area contributed by atoms with Crippen molar-refractivity contribution < 1.29 is 18.7 Å². The summed E-state index contributed by atoms with van der Waals surface area (Å²) in [6, 6.07) is 11.3. The molecule has 156 valence electrons. The number of fused-ring (bicyclic) bond motifs is 4. The highest BCUT2D eigenvalue weighted by Crippen LogP contribution is 2.36. The number of oxazole rings is 1. The Labute approximate surface area is 177 Å². The number of aromatic nitrogens is 4. The van der Waals surface area contributed by atoms with Crippen LogP contribution in [0, 0.1) is 0 Å². The Kier molecular flexibility index (Phi) is 4.54. The predicted molar refractivity (Wildman–Crippen MR) is 116 cm³/mol. The first kappa shape index (κ1) is 19.0. The Hall–Kier alpha value is -3.94. The van der Waals surface area contributed by atoms with Crippen LogP contribution in [0.5, 0.6) is 12.0 Å². The Morgan fingerprint density at radius 3 is 2.68 bits per heavy atom. The number of hydrogen-bond donors (Lipinski definition) is 0. The highest BCUT2D eigenvalue weighted by molar-refractivity contribution is 6.10. The van der Waals surface area contributed by atoms with Crippen LogP contribution in [0.25, 0.3) is 38.7 Å². The molecule has 0 radical (unpaired) electrons. The van der Waals surface area contributed by atoms with Crippen molar-refractivity contribution in [3.05, 3.63) is 48.3 Å². The van der Waals surface area contributed by atoms with Gasteiger partial charge in [0.2, 0.25) is 5.88 Å². The van der Waals surface area contributed by atoms with E-state index < -0.39 is 0 Å². The van der Waals surface area contributed by atoms with E-state index in [0.717, 1.165) is 27.6 Å². The third-order valence-corrected chi connectivity index (χ3v) is 5.07. The van der Waals surface area contributed by atoms with Gasteiger partial charge in [0.15, 0.2) is 11.4 Å². The summed E-state index contributed by atoms with van der Waals surface area (Å²) in [6.07, 6.45) is 1.72. The van der Waals surface area contributed by atoms with Crippen LogP contribution in [0.4, 0.5) is 0 Å². The van der Waals surface area contributed by atoms with Gasteiger partial charge in [0.05, 0.1) is 18.7 Å². The molecule has 0 aliphatic rings. The molecule has 0 amide bonds. The monoisotopic (exact) mass is 416 g/mol. The van der Waals surface area contributed by atoms with Gasteiger partial charge in [-0.2, -0.15) is 9.97 Å². The minimum Gasteiger partial charge on any atom is -0.476 e. The molecular weight excluding hydrogens is 396 g/mol. The van der Waals surface area contributed by atoms with E-state index in [0.29, 0.717) is 35.8 Å². The maximum Gasteiger partial charge on any atom is 0.394 e. The lowest BCUT2D eigenvalue weighted by Crippen LogP contribution is -2.01. The molecule has 8 heteroatoms. The topological polar surface area (TPSA) is 92.3 Å². The standard InChI is InChI=1S/C23H20N4O4/c1-4-29-22-21-20(24-12-25-22)16-8-6-14(13(3)28)10-18(16)27(21)15-7-9-19-17(11-15)26-23(31-19)30-5-2/h6-12H,4-5H2,1-3H3. The molecule has 5 rings (SSSR count). The van der Waals surface area contributed by atoms with E-state index in [4.69, 9.17) is 13.9 Å². The van der Waals surface area contributed by atoms with Gasteiger partial charge in [-0.25, -0.2) is 4.98 Å². The van der Waals surface area contributed by atoms with Crippen molar-refractivity contribution in [1.29, 1.82) is 0 Å². The predicted octanol–water partition coefficient (Wildman–Crippen LogP) is 4.71. The first-order valence-electron chi connectivity index (χ1n) is 10.1. The summed E-state index contributed by atoms with van der Waals surface area (Å²) < 4.78 is 18.8. The van der Waals surface area contributed by atoms with Crippen molar-refractivity contribution >= 4 is 38.8 Å². The third kappa shape index (κ3) is 3.07. The molecule has 3 heterocycles. The molecule has 0 fully saturated rings. The number of rotatable bonds is 6. The van der Waals surface area contributed by atoms with E-state index in [1.54, 1.807) is 6.92 Å². The lowest BCUT2D eigenvalue weighted by molar-refractivity contribution is 0.101. The van der Waals surface area contributed by atoms with Crippen LogP contribution in [0.3, 0.4) is 0 Å². The van der Waals surface area contributed by atoms with Crippen LogP contribution in [0.2, 0.25) is 0 Å². The van der Waals surface area contributed by atoms with Crippen molar-refractivity contribution in [3.8, 4) is 17.6 Å². The van der Waals surface area contributed by atoms with Crippen molar-refractivity contribution in [2.24, 2.45) is 0 Å². The number of carbonyl (C=O) groups is 1. The number of nitrogens with zero attached hydrogens (tertiary/aromatic N) is 4. The molecule has 3 aromatic heterocycles. The molecule has 0 atom stereocenters. The molecule has 0 bridgehead atoms. The second-order valence-electron chi connectivity index (χ2n) is 7.00. The molecule has 5 aromatic rings. The number of ether oxygens (including phenoxy) is 2. The van der Waals surface area contributed by atoms with Crippen LogP contribution in [-0.2, 0) is 0 Å². The number of benzene rings is 2. The van der Waals surface area contributed by atoms with Crippen LogP contribution in [-0.4, -0.2) is 38.5 Å². The first-order chi connectivity index (χ1) is 15.1. The summed E-state index contributed by atoms with van der Waals surface area (Å²) in [7, 11) is 0. The largest absolute Gasteiger partial charge is 0.476 e. The van der Waals surface area contributed by atoms with Crippen LogP contribution in [0.15, 0.2) is 47.1 Å². The molecule has 0 unspecified atom stereocenters.